The fourth-order valence-corrected chi connectivity index (χ4v) is 3.12. The Morgan fingerprint density at radius 1 is 1.16 bits per heavy atom. The lowest BCUT2D eigenvalue weighted by atomic mass is 9.85. The number of rotatable bonds is 5. The first-order valence-electron chi connectivity index (χ1n) is 7.74. The van der Waals surface area contributed by atoms with E-state index < -0.39 is 0 Å². The van der Waals surface area contributed by atoms with Crippen LogP contribution in [0.2, 0.25) is 0 Å². The van der Waals surface area contributed by atoms with Crippen molar-refractivity contribution in [3.05, 3.63) is 35.4 Å². The first-order valence-corrected chi connectivity index (χ1v) is 7.74. The number of benzene rings is 1. The number of nitrogens with one attached hydrogen (secondary N) is 2. The van der Waals surface area contributed by atoms with Crippen molar-refractivity contribution >= 4 is 0 Å². The van der Waals surface area contributed by atoms with Crippen molar-refractivity contribution in [3.63, 3.8) is 0 Å². The summed E-state index contributed by atoms with van der Waals surface area (Å²) in [7, 11) is 2.09. The van der Waals surface area contributed by atoms with Gasteiger partial charge < -0.3 is 10.6 Å². The molecule has 19 heavy (non-hydrogen) atoms. The molecule has 1 aromatic rings. The van der Waals surface area contributed by atoms with Gasteiger partial charge in [0.25, 0.3) is 0 Å². The van der Waals surface area contributed by atoms with E-state index >= 15 is 0 Å². The van der Waals surface area contributed by atoms with Crippen LogP contribution in [-0.2, 0) is 0 Å². The predicted octanol–water partition coefficient (Wildman–Crippen LogP) is 3.46. The summed E-state index contributed by atoms with van der Waals surface area (Å²) in [6.45, 7) is 6.88. The van der Waals surface area contributed by atoms with Gasteiger partial charge in [-0.25, -0.2) is 0 Å². The van der Waals surface area contributed by atoms with Gasteiger partial charge in [-0.1, -0.05) is 38.1 Å². The molecule has 0 bridgehead atoms. The van der Waals surface area contributed by atoms with Crippen LogP contribution in [0.1, 0.15) is 56.2 Å². The molecule has 0 saturated carbocycles. The van der Waals surface area contributed by atoms with Crippen LogP contribution in [0.4, 0.5) is 0 Å². The van der Waals surface area contributed by atoms with Crippen molar-refractivity contribution < 1.29 is 0 Å². The van der Waals surface area contributed by atoms with Gasteiger partial charge in [-0.3, -0.25) is 0 Å². The lowest BCUT2D eigenvalue weighted by Gasteiger charge is -2.31. The Balaban J connectivity index is 2.09. The van der Waals surface area contributed by atoms with Gasteiger partial charge >= 0.3 is 0 Å². The third-order valence-corrected chi connectivity index (χ3v) is 4.64. The summed E-state index contributed by atoms with van der Waals surface area (Å²) in [5.41, 5.74) is 2.91. The fourth-order valence-electron chi connectivity index (χ4n) is 3.12. The quantitative estimate of drug-likeness (QED) is 0.847. The standard InChI is InChI=1S/C17H28N2/c1-4-13(2)14-5-7-15(8-6-14)17(18-3)16-9-11-19-12-10-16/h5-8,13,16-19H,4,9-12H2,1-3H3. The summed E-state index contributed by atoms with van der Waals surface area (Å²) in [4.78, 5) is 0. The first kappa shape index (κ1) is 14.5. The maximum atomic E-state index is 3.52. The van der Waals surface area contributed by atoms with Crippen molar-refractivity contribution in [2.45, 2.75) is 45.1 Å². The third kappa shape index (κ3) is 3.58. The summed E-state index contributed by atoms with van der Waals surface area (Å²) in [6.07, 6.45) is 3.76. The van der Waals surface area contributed by atoms with Crippen molar-refractivity contribution in [1.82, 2.24) is 10.6 Å². The van der Waals surface area contributed by atoms with Crippen LogP contribution < -0.4 is 10.6 Å². The van der Waals surface area contributed by atoms with Gasteiger partial charge in [-0.05, 0) is 62.4 Å². The first-order chi connectivity index (χ1) is 9.26. The van der Waals surface area contributed by atoms with Crippen LogP contribution >= 0.6 is 0 Å². The molecule has 2 rings (SSSR count). The highest BCUT2D eigenvalue weighted by Gasteiger charge is 2.23. The smallest absolute Gasteiger partial charge is 0.0347 e. The number of hydrogen-bond donors (Lipinski definition) is 2. The Hall–Kier alpha value is -0.860. The maximum Gasteiger partial charge on any atom is 0.0347 e. The van der Waals surface area contributed by atoms with Gasteiger partial charge in [0, 0.05) is 6.04 Å². The Labute approximate surface area is 118 Å². The van der Waals surface area contributed by atoms with E-state index in [9.17, 15) is 0 Å². The van der Waals surface area contributed by atoms with Crippen molar-refractivity contribution in [2.24, 2.45) is 5.92 Å². The van der Waals surface area contributed by atoms with E-state index in [0.29, 0.717) is 12.0 Å². The molecule has 1 aliphatic rings. The molecular formula is C17H28N2. The van der Waals surface area contributed by atoms with Gasteiger partial charge in [0.1, 0.15) is 0 Å². The monoisotopic (exact) mass is 260 g/mol. The number of hydrogen-bond acceptors (Lipinski definition) is 2. The van der Waals surface area contributed by atoms with Crippen LogP contribution in [0.25, 0.3) is 0 Å². The molecule has 1 aliphatic heterocycles. The van der Waals surface area contributed by atoms with E-state index in [4.69, 9.17) is 0 Å². The fraction of sp³-hybridized carbons (Fsp3) is 0.647. The Bertz CT molecular complexity index is 365. The molecule has 0 radical (unpaired) electrons. The summed E-state index contributed by atoms with van der Waals surface area (Å²) in [5.74, 6) is 1.43. The van der Waals surface area contributed by atoms with Gasteiger partial charge in [-0.15, -0.1) is 0 Å². The van der Waals surface area contributed by atoms with E-state index in [-0.39, 0.29) is 0 Å². The van der Waals surface area contributed by atoms with E-state index in [1.165, 1.54) is 30.4 Å². The normalized spacial score (nSPS) is 20.2. The molecule has 1 saturated heterocycles. The summed E-state index contributed by atoms with van der Waals surface area (Å²) >= 11 is 0. The lowest BCUT2D eigenvalue weighted by molar-refractivity contribution is 0.294. The van der Waals surface area contributed by atoms with Gasteiger partial charge in [0.2, 0.25) is 0 Å². The van der Waals surface area contributed by atoms with Crippen molar-refractivity contribution in [3.8, 4) is 0 Å². The van der Waals surface area contributed by atoms with Crippen LogP contribution in [0.15, 0.2) is 24.3 Å². The van der Waals surface area contributed by atoms with E-state index in [1.807, 2.05) is 0 Å². The lowest BCUT2D eigenvalue weighted by Crippen LogP contribution is -2.35. The van der Waals surface area contributed by atoms with Crippen molar-refractivity contribution in [1.29, 1.82) is 0 Å². The van der Waals surface area contributed by atoms with E-state index in [1.54, 1.807) is 0 Å². The molecule has 0 aliphatic carbocycles. The zero-order valence-corrected chi connectivity index (χ0v) is 12.6. The molecule has 2 N–H and O–H groups in total. The summed E-state index contributed by atoms with van der Waals surface area (Å²) in [5, 5.41) is 6.97. The molecule has 2 unspecified atom stereocenters. The molecule has 2 atom stereocenters. The zero-order chi connectivity index (χ0) is 13.7. The maximum absolute atomic E-state index is 3.52. The zero-order valence-electron chi connectivity index (χ0n) is 12.6. The van der Waals surface area contributed by atoms with Crippen LogP contribution in [0.5, 0.6) is 0 Å². The SMILES string of the molecule is CCC(C)c1ccc(C(NC)C2CCNCC2)cc1. The highest BCUT2D eigenvalue weighted by Crippen LogP contribution is 2.29. The number of piperidine rings is 1. The summed E-state index contributed by atoms with van der Waals surface area (Å²) in [6, 6.07) is 9.78. The second-order valence-corrected chi connectivity index (χ2v) is 5.83. The third-order valence-electron chi connectivity index (χ3n) is 4.64. The van der Waals surface area contributed by atoms with Gasteiger partial charge in [0.05, 0.1) is 0 Å². The Morgan fingerprint density at radius 2 is 1.74 bits per heavy atom. The van der Waals surface area contributed by atoms with Crippen LogP contribution in [0.3, 0.4) is 0 Å². The van der Waals surface area contributed by atoms with Crippen molar-refractivity contribution in [2.75, 3.05) is 20.1 Å². The second-order valence-electron chi connectivity index (χ2n) is 5.83. The van der Waals surface area contributed by atoms with Gasteiger partial charge in [-0.2, -0.15) is 0 Å². The molecule has 1 aromatic carbocycles. The Kier molecular flexibility index (Phi) is 5.41. The molecule has 2 nitrogen and oxygen atoms in total. The largest absolute Gasteiger partial charge is 0.317 e. The molecule has 106 valence electrons. The predicted molar refractivity (Wildman–Crippen MR) is 82.5 cm³/mol. The minimum atomic E-state index is 0.507. The van der Waals surface area contributed by atoms with E-state index in [0.717, 1.165) is 19.0 Å². The highest BCUT2D eigenvalue weighted by atomic mass is 14.9. The minimum Gasteiger partial charge on any atom is -0.317 e. The molecule has 0 aromatic heterocycles. The highest BCUT2D eigenvalue weighted by molar-refractivity contribution is 5.27. The molecule has 1 fully saturated rings. The second kappa shape index (κ2) is 7.06. The van der Waals surface area contributed by atoms with Gasteiger partial charge in [0.15, 0.2) is 0 Å². The topological polar surface area (TPSA) is 24.1 Å². The average molecular weight is 260 g/mol. The molecule has 0 spiro atoms. The molecular weight excluding hydrogens is 232 g/mol. The molecule has 1 heterocycles. The molecule has 0 amide bonds. The van der Waals surface area contributed by atoms with Crippen LogP contribution in [-0.4, -0.2) is 20.1 Å². The molecule has 2 heteroatoms. The minimum absolute atomic E-state index is 0.507. The summed E-state index contributed by atoms with van der Waals surface area (Å²) < 4.78 is 0. The average Bonchev–Trinajstić information content (AvgIpc) is 2.49. The Morgan fingerprint density at radius 3 is 2.26 bits per heavy atom. The van der Waals surface area contributed by atoms with E-state index in [2.05, 4.69) is 55.8 Å². The van der Waals surface area contributed by atoms with Crippen LogP contribution in [0, 0.1) is 5.92 Å².